The van der Waals surface area contributed by atoms with E-state index in [4.69, 9.17) is 0 Å². The molecule has 0 radical (unpaired) electrons. The molecular weight excluding hydrogens is 242 g/mol. The number of hydrogen-bond donors (Lipinski definition) is 0. The number of rotatable bonds is 5. The number of esters is 1. The van der Waals surface area contributed by atoms with Crippen LogP contribution in [0.3, 0.4) is 0 Å². The number of carbonyl (C=O) groups is 1. The zero-order valence-electron chi connectivity index (χ0n) is 8.08. The Morgan fingerprint density at radius 1 is 1.25 bits per heavy atom. The van der Waals surface area contributed by atoms with Gasteiger partial charge < -0.3 is 4.74 Å². The molecular formula is C8H8F6O2. The predicted molar refractivity (Wildman–Crippen MR) is 41.7 cm³/mol. The Hall–Kier alpha value is -1.21. The van der Waals surface area contributed by atoms with Crippen molar-refractivity contribution >= 4 is 5.97 Å². The molecule has 0 N–H and O–H groups in total. The van der Waals surface area contributed by atoms with Crippen LogP contribution >= 0.6 is 0 Å². The lowest BCUT2D eigenvalue weighted by Gasteiger charge is -2.30. The molecule has 0 aliphatic heterocycles. The standard InChI is InChI=1S/C8H8F6O2/c1-3-5(15)16-4-7(11,12)8(13,14)6(2,9)10/h3H,1,4H2,2H3. The second kappa shape index (κ2) is 4.34. The summed E-state index contributed by atoms with van der Waals surface area (Å²) in [6.45, 7) is 0.322. The van der Waals surface area contributed by atoms with Crippen LogP contribution in [0.15, 0.2) is 12.7 Å². The van der Waals surface area contributed by atoms with E-state index in [1.165, 1.54) is 0 Å². The number of alkyl halides is 6. The molecule has 16 heavy (non-hydrogen) atoms. The van der Waals surface area contributed by atoms with Gasteiger partial charge in [-0.2, -0.15) is 26.3 Å². The first-order chi connectivity index (χ1) is 6.95. The molecule has 0 aromatic rings. The minimum atomic E-state index is -5.61. The Morgan fingerprint density at radius 3 is 2.00 bits per heavy atom. The molecule has 0 unspecified atom stereocenters. The first-order valence-electron chi connectivity index (χ1n) is 3.88. The Labute approximate surface area is 86.9 Å². The highest BCUT2D eigenvalue weighted by Crippen LogP contribution is 2.45. The van der Waals surface area contributed by atoms with E-state index < -0.39 is 30.3 Å². The first kappa shape index (κ1) is 14.8. The maximum Gasteiger partial charge on any atom is 0.375 e. The molecule has 0 spiro atoms. The van der Waals surface area contributed by atoms with Gasteiger partial charge in [-0.25, -0.2) is 4.79 Å². The monoisotopic (exact) mass is 250 g/mol. The van der Waals surface area contributed by atoms with Gasteiger partial charge in [0.2, 0.25) is 0 Å². The van der Waals surface area contributed by atoms with Gasteiger partial charge in [-0.3, -0.25) is 0 Å². The van der Waals surface area contributed by atoms with Crippen molar-refractivity contribution in [2.75, 3.05) is 6.61 Å². The highest BCUT2D eigenvalue weighted by molar-refractivity contribution is 5.81. The average Bonchev–Trinajstić information content (AvgIpc) is 2.12. The van der Waals surface area contributed by atoms with Crippen molar-refractivity contribution < 1.29 is 35.9 Å². The summed E-state index contributed by atoms with van der Waals surface area (Å²) in [5.41, 5.74) is 0. The van der Waals surface area contributed by atoms with Crippen LogP contribution in [0.2, 0.25) is 0 Å². The highest BCUT2D eigenvalue weighted by Gasteiger charge is 2.69. The van der Waals surface area contributed by atoms with Crippen molar-refractivity contribution in [1.82, 2.24) is 0 Å². The summed E-state index contributed by atoms with van der Waals surface area (Å²) in [4.78, 5) is 10.3. The fraction of sp³-hybridized carbons (Fsp3) is 0.625. The fourth-order valence-corrected chi connectivity index (χ4v) is 0.632. The lowest BCUT2D eigenvalue weighted by atomic mass is 10.1. The van der Waals surface area contributed by atoms with Crippen LogP contribution in [0, 0.1) is 0 Å². The van der Waals surface area contributed by atoms with Crippen molar-refractivity contribution in [3.63, 3.8) is 0 Å². The van der Waals surface area contributed by atoms with E-state index in [9.17, 15) is 31.1 Å². The molecule has 8 heteroatoms. The molecule has 0 rings (SSSR count). The van der Waals surface area contributed by atoms with Crippen molar-refractivity contribution in [3.05, 3.63) is 12.7 Å². The van der Waals surface area contributed by atoms with Gasteiger partial charge in [0.1, 0.15) is 0 Å². The maximum absolute atomic E-state index is 12.7. The number of halogens is 6. The minimum absolute atomic E-state index is 0.351. The number of carbonyl (C=O) groups excluding carboxylic acids is 1. The molecule has 0 atom stereocenters. The molecule has 0 aromatic heterocycles. The van der Waals surface area contributed by atoms with E-state index >= 15 is 0 Å². The molecule has 0 saturated heterocycles. The van der Waals surface area contributed by atoms with Crippen molar-refractivity contribution in [2.45, 2.75) is 24.7 Å². The summed E-state index contributed by atoms with van der Waals surface area (Å²) in [6.07, 6.45) is 0.443. The lowest BCUT2D eigenvalue weighted by molar-refractivity contribution is -0.311. The van der Waals surface area contributed by atoms with Crippen molar-refractivity contribution in [3.8, 4) is 0 Å². The van der Waals surface area contributed by atoms with Crippen molar-refractivity contribution in [1.29, 1.82) is 0 Å². The van der Waals surface area contributed by atoms with Gasteiger partial charge in [0.25, 0.3) is 0 Å². The van der Waals surface area contributed by atoms with E-state index in [-0.39, 0.29) is 6.92 Å². The van der Waals surface area contributed by atoms with Gasteiger partial charge >= 0.3 is 23.7 Å². The van der Waals surface area contributed by atoms with Gasteiger partial charge in [0.15, 0.2) is 6.61 Å². The van der Waals surface area contributed by atoms with Gasteiger partial charge in [-0.1, -0.05) is 6.58 Å². The third kappa shape index (κ3) is 2.89. The summed E-state index contributed by atoms with van der Waals surface area (Å²) < 4.78 is 78.4. The average molecular weight is 250 g/mol. The molecule has 94 valence electrons. The maximum atomic E-state index is 12.7. The second-order valence-corrected chi connectivity index (χ2v) is 2.98. The van der Waals surface area contributed by atoms with Crippen LogP contribution in [0.25, 0.3) is 0 Å². The topological polar surface area (TPSA) is 26.3 Å². The molecule has 0 fully saturated rings. The number of ether oxygens (including phenoxy) is 1. The quantitative estimate of drug-likeness (QED) is 0.426. The predicted octanol–water partition coefficient (Wildman–Crippen LogP) is 2.64. The van der Waals surface area contributed by atoms with Crippen LogP contribution in [-0.2, 0) is 9.53 Å². The fourth-order valence-electron chi connectivity index (χ4n) is 0.632. The summed E-state index contributed by atoms with van der Waals surface area (Å²) in [5.74, 6) is -17.1. The third-order valence-corrected chi connectivity index (χ3v) is 1.57. The van der Waals surface area contributed by atoms with Crippen LogP contribution in [-0.4, -0.2) is 30.3 Å². The normalized spacial score (nSPS) is 13.4. The highest BCUT2D eigenvalue weighted by atomic mass is 19.3. The van der Waals surface area contributed by atoms with E-state index in [0.29, 0.717) is 6.08 Å². The largest absolute Gasteiger partial charge is 0.456 e. The first-order valence-corrected chi connectivity index (χ1v) is 3.88. The zero-order valence-corrected chi connectivity index (χ0v) is 8.08. The summed E-state index contributed by atoms with van der Waals surface area (Å²) in [6, 6.07) is 0. The minimum Gasteiger partial charge on any atom is -0.456 e. The Kier molecular flexibility index (Phi) is 4.01. The Morgan fingerprint density at radius 2 is 1.69 bits per heavy atom. The molecule has 0 aliphatic rings. The van der Waals surface area contributed by atoms with Gasteiger partial charge in [-0.05, 0) is 0 Å². The van der Waals surface area contributed by atoms with Gasteiger partial charge in [0, 0.05) is 13.0 Å². The molecule has 0 bridgehead atoms. The molecule has 2 nitrogen and oxygen atoms in total. The molecule has 0 aliphatic carbocycles. The van der Waals surface area contributed by atoms with Gasteiger partial charge in [0.05, 0.1) is 0 Å². The Bertz CT molecular complexity index is 281. The zero-order chi connectivity index (χ0) is 13.2. The molecule has 0 saturated carbocycles. The molecule has 0 heterocycles. The molecule has 0 aromatic carbocycles. The SMILES string of the molecule is C=CC(=O)OCC(F)(F)C(F)(F)C(C)(F)F. The number of hydrogen-bond acceptors (Lipinski definition) is 2. The smallest absolute Gasteiger partial charge is 0.375 e. The van der Waals surface area contributed by atoms with E-state index in [2.05, 4.69) is 11.3 Å². The summed E-state index contributed by atoms with van der Waals surface area (Å²) in [5, 5.41) is 0. The van der Waals surface area contributed by atoms with Crippen molar-refractivity contribution in [2.24, 2.45) is 0 Å². The van der Waals surface area contributed by atoms with Crippen LogP contribution < -0.4 is 0 Å². The van der Waals surface area contributed by atoms with E-state index in [1.807, 2.05) is 0 Å². The van der Waals surface area contributed by atoms with Crippen LogP contribution in [0.1, 0.15) is 6.92 Å². The lowest BCUT2D eigenvalue weighted by Crippen LogP contribution is -2.55. The van der Waals surface area contributed by atoms with Crippen LogP contribution in [0.4, 0.5) is 26.3 Å². The van der Waals surface area contributed by atoms with E-state index in [1.54, 1.807) is 0 Å². The third-order valence-electron chi connectivity index (χ3n) is 1.57. The Balaban J connectivity index is 4.78. The van der Waals surface area contributed by atoms with Gasteiger partial charge in [-0.15, -0.1) is 0 Å². The second-order valence-electron chi connectivity index (χ2n) is 2.98. The summed E-state index contributed by atoms with van der Waals surface area (Å²) >= 11 is 0. The van der Waals surface area contributed by atoms with Crippen LogP contribution in [0.5, 0.6) is 0 Å². The van der Waals surface area contributed by atoms with E-state index in [0.717, 1.165) is 0 Å². The molecule has 0 amide bonds. The summed E-state index contributed by atoms with van der Waals surface area (Å²) in [7, 11) is 0.